The second-order valence-corrected chi connectivity index (χ2v) is 5.24. The van der Waals surface area contributed by atoms with Crippen molar-refractivity contribution in [2.45, 2.75) is 5.60 Å². The van der Waals surface area contributed by atoms with Gasteiger partial charge in [0.2, 0.25) is 0 Å². The average molecular weight is 304 g/mol. The fourth-order valence-corrected chi connectivity index (χ4v) is 2.85. The van der Waals surface area contributed by atoms with Gasteiger partial charge in [-0.3, -0.25) is 4.84 Å². The number of benzene rings is 3. The molecule has 3 aromatic rings. The highest BCUT2D eigenvalue weighted by Crippen LogP contribution is 2.39. The Morgan fingerprint density at radius 1 is 0.652 bits per heavy atom. The maximum atomic E-state index is 7.89. The summed E-state index contributed by atoms with van der Waals surface area (Å²) in [6, 6.07) is 27.3. The maximum Gasteiger partial charge on any atom is 0.166 e. The topological polar surface area (TPSA) is 42.3 Å². The Bertz CT molecular complexity index is 700. The predicted octanol–water partition coefficient (Wildman–Crippen LogP) is 4.20. The van der Waals surface area contributed by atoms with Gasteiger partial charge in [-0.2, -0.15) is 0 Å². The summed E-state index contributed by atoms with van der Waals surface area (Å²) in [6.07, 6.45) is 0. The Morgan fingerprint density at radius 3 is 1.48 bits per heavy atom. The largest absolute Gasteiger partial charge is 0.497 e. The fourth-order valence-electron chi connectivity index (χ4n) is 2.85. The minimum absolute atomic E-state index is 0.772. The average Bonchev–Trinajstić information content (AvgIpc) is 2.65. The molecular formula is C20H18NO2. The Labute approximate surface area is 136 Å². The van der Waals surface area contributed by atoms with Crippen molar-refractivity contribution in [3.8, 4) is 5.75 Å². The summed E-state index contributed by atoms with van der Waals surface area (Å²) >= 11 is 0. The van der Waals surface area contributed by atoms with Gasteiger partial charge in [0.15, 0.2) is 5.60 Å². The lowest BCUT2D eigenvalue weighted by Gasteiger charge is -2.32. The van der Waals surface area contributed by atoms with Crippen molar-refractivity contribution in [2.24, 2.45) is 0 Å². The van der Waals surface area contributed by atoms with Crippen molar-refractivity contribution < 1.29 is 9.57 Å². The number of methoxy groups -OCH3 is 1. The van der Waals surface area contributed by atoms with E-state index in [9.17, 15) is 0 Å². The van der Waals surface area contributed by atoms with Gasteiger partial charge in [0.1, 0.15) is 5.75 Å². The highest BCUT2D eigenvalue weighted by molar-refractivity contribution is 5.48. The molecule has 0 atom stereocenters. The van der Waals surface area contributed by atoms with E-state index in [1.165, 1.54) is 0 Å². The summed E-state index contributed by atoms with van der Waals surface area (Å²) in [6.45, 7) is 0. The van der Waals surface area contributed by atoms with Gasteiger partial charge < -0.3 is 4.74 Å². The normalized spacial score (nSPS) is 11.2. The van der Waals surface area contributed by atoms with Gasteiger partial charge in [0.05, 0.1) is 7.11 Å². The Balaban J connectivity index is 2.24. The van der Waals surface area contributed by atoms with E-state index >= 15 is 0 Å². The van der Waals surface area contributed by atoms with E-state index in [2.05, 4.69) is 0 Å². The molecule has 3 nitrogen and oxygen atoms in total. The minimum atomic E-state index is -0.977. The zero-order valence-electron chi connectivity index (χ0n) is 12.9. The SMILES string of the molecule is COc1ccc(C(O[NH])(c2ccccc2)c2ccccc2)cc1. The molecule has 3 heteroatoms. The lowest BCUT2D eigenvalue weighted by Crippen LogP contribution is -2.32. The molecule has 0 unspecified atom stereocenters. The van der Waals surface area contributed by atoms with Gasteiger partial charge in [0, 0.05) is 0 Å². The summed E-state index contributed by atoms with van der Waals surface area (Å²) in [7, 11) is 1.64. The second kappa shape index (κ2) is 6.65. The van der Waals surface area contributed by atoms with E-state index in [-0.39, 0.29) is 0 Å². The third kappa shape index (κ3) is 2.72. The number of nitrogens with one attached hydrogen (secondary N) is 1. The van der Waals surface area contributed by atoms with Crippen molar-refractivity contribution in [1.82, 2.24) is 5.90 Å². The molecule has 0 aromatic heterocycles. The van der Waals surface area contributed by atoms with Crippen molar-refractivity contribution in [3.05, 3.63) is 102 Å². The lowest BCUT2D eigenvalue weighted by atomic mass is 9.80. The van der Waals surface area contributed by atoms with Crippen LogP contribution in [-0.2, 0) is 10.4 Å². The van der Waals surface area contributed by atoms with Gasteiger partial charge in [-0.25, -0.2) is 0 Å². The first-order valence-electron chi connectivity index (χ1n) is 7.41. The number of rotatable bonds is 5. The molecule has 0 bridgehead atoms. The van der Waals surface area contributed by atoms with E-state index in [1.807, 2.05) is 84.9 Å². The second-order valence-electron chi connectivity index (χ2n) is 5.24. The van der Waals surface area contributed by atoms with Crippen LogP contribution in [0.4, 0.5) is 0 Å². The molecule has 0 amide bonds. The van der Waals surface area contributed by atoms with Gasteiger partial charge in [0.25, 0.3) is 0 Å². The standard InChI is InChI=1S/C20H18NO2/c1-22-19-14-12-18(13-15-19)20(23-21,16-8-4-2-5-9-16)17-10-6-3-7-11-17/h2-15,21H,1H3. The Hall–Kier alpha value is -2.62. The third-order valence-corrected chi connectivity index (χ3v) is 4.01. The predicted molar refractivity (Wildman–Crippen MR) is 89.9 cm³/mol. The van der Waals surface area contributed by atoms with Crippen molar-refractivity contribution in [3.63, 3.8) is 0 Å². The molecule has 3 rings (SSSR count). The highest BCUT2D eigenvalue weighted by atomic mass is 16.6. The molecule has 0 fully saturated rings. The lowest BCUT2D eigenvalue weighted by molar-refractivity contribution is -0.00355. The molecule has 23 heavy (non-hydrogen) atoms. The first-order valence-corrected chi connectivity index (χ1v) is 7.41. The van der Waals surface area contributed by atoms with Gasteiger partial charge in [-0.15, -0.1) is 5.90 Å². The molecule has 115 valence electrons. The van der Waals surface area contributed by atoms with Crippen LogP contribution < -0.4 is 10.6 Å². The monoisotopic (exact) mass is 304 g/mol. The van der Waals surface area contributed by atoms with Crippen LogP contribution in [0.1, 0.15) is 16.7 Å². The summed E-state index contributed by atoms with van der Waals surface area (Å²) in [5, 5.41) is 0. The first kappa shape index (κ1) is 15.3. The van der Waals surface area contributed by atoms with E-state index < -0.39 is 5.60 Å². The number of hydrogen-bond donors (Lipinski definition) is 0. The molecular weight excluding hydrogens is 286 g/mol. The van der Waals surface area contributed by atoms with Crippen molar-refractivity contribution in [2.75, 3.05) is 7.11 Å². The van der Waals surface area contributed by atoms with Crippen molar-refractivity contribution >= 4 is 0 Å². The van der Waals surface area contributed by atoms with E-state index in [0.29, 0.717) is 0 Å². The summed E-state index contributed by atoms with van der Waals surface area (Å²) in [4.78, 5) is 5.38. The molecule has 0 saturated carbocycles. The van der Waals surface area contributed by atoms with Crippen LogP contribution in [0.5, 0.6) is 5.75 Å². The van der Waals surface area contributed by atoms with Crippen LogP contribution in [0.15, 0.2) is 84.9 Å². The van der Waals surface area contributed by atoms with Crippen LogP contribution in [0.3, 0.4) is 0 Å². The Morgan fingerprint density at radius 2 is 1.09 bits per heavy atom. The zero-order chi connectivity index (χ0) is 16.1. The summed E-state index contributed by atoms with van der Waals surface area (Å²) in [5.74, 6) is 8.66. The first-order chi connectivity index (χ1) is 11.3. The van der Waals surface area contributed by atoms with Crippen LogP contribution >= 0.6 is 0 Å². The fraction of sp³-hybridized carbons (Fsp3) is 0.100. The molecule has 1 N–H and O–H groups in total. The molecule has 0 aliphatic carbocycles. The Kier molecular flexibility index (Phi) is 4.42. The van der Waals surface area contributed by atoms with Crippen LogP contribution in [0, 0.1) is 0 Å². The molecule has 1 radical (unpaired) electrons. The van der Waals surface area contributed by atoms with Crippen LogP contribution in [-0.4, -0.2) is 7.11 Å². The quantitative estimate of drug-likeness (QED) is 0.523. The van der Waals surface area contributed by atoms with Crippen LogP contribution in [0.25, 0.3) is 0 Å². The molecule has 0 heterocycles. The third-order valence-electron chi connectivity index (χ3n) is 4.01. The van der Waals surface area contributed by atoms with E-state index in [4.69, 9.17) is 15.5 Å². The van der Waals surface area contributed by atoms with E-state index in [0.717, 1.165) is 22.4 Å². The summed E-state index contributed by atoms with van der Waals surface area (Å²) < 4.78 is 5.24. The highest BCUT2D eigenvalue weighted by Gasteiger charge is 2.37. The number of ether oxygens (including phenoxy) is 1. The molecule has 0 spiro atoms. The van der Waals surface area contributed by atoms with Crippen molar-refractivity contribution in [1.29, 1.82) is 0 Å². The zero-order valence-corrected chi connectivity index (χ0v) is 12.9. The van der Waals surface area contributed by atoms with Crippen LogP contribution in [0.2, 0.25) is 0 Å². The minimum Gasteiger partial charge on any atom is -0.497 e. The van der Waals surface area contributed by atoms with Gasteiger partial charge >= 0.3 is 0 Å². The molecule has 0 aliphatic rings. The maximum absolute atomic E-state index is 7.89. The molecule has 0 aliphatic heterocycles. The summed E-state index contributed by atoms with van der Waals surface area (Å²) in [5.41, 5.74) is 1.72. The molecule has 3 aromatic carbocycles. The van der Waals surface area contributed by atoms with Gasteiger partial charge in [-0.05, 0) is 28.8 Å². The molecule has 0 saturated heterocycles. The van der Waals surface area contributed by atoms with E-state index in [1.54, 1.807) is 7.11 Å². The smallest absolute Gasteiger partial charge is 0.166 e. The number of hydrogen-bond acceptors (Lipinski definition) is 2. The van der Waals surface area contributed by atoms with Gasteiger partial charge in [-0.1, -0.05) is 72.8 Å².